The maximum absolute atomic E-state index is 2.46. The number of hydrogen-bond donors (Lipinski definition) is 0. The summed E-state index contributed by atoms with van der Waals surface area (Å²) in [6, 6.07) is 79.4. The van der Waals surface area contributed by atoms with E-state index >= 15 is 0 Å². The molecule has 11 rings (SSSR count). The molecule has 0 aliphatic carbocycles. The van der Waals surface area contributed by atoms with Gasteiger partial charge in [0.2, 0.25) is 0 Å². The molecule has 0 radical (unpaired) electrons. The van der Waals surface area contributed by atoms with Crippen molar-refractivity contribution >= 4 is 70.4 Å². The summed E-state index contributed by atoms with van der Waals surface area (Å²) in [5.41, 5.74) is 14.0. The maximum Gasteiger partial charge on any atom is 0.0562 e. The van der Waals surface area contributed by atoms with Crippen molar-refractivity contribution in [2.75, 3.05) is 4.90 Å². The summed E-state index contributed by atoms with van der Waals surface area (Å²) in [4.78, 5) is 2.45. The van der Waals surface area contributed by atoms with Gasteiger partial charge in [0.25, 0.3) is 0 Å². The van der Waals surface area contributed by atoms with Crippen molar-refractivity contribution in [3.05, 3.63) is 218 Å². The van der Waals surface area contributed by atoms with Crippen LogP contribution in [-0.2, 0) is 0 Å². The maximum atomic E-state index is 2.46. The summed E-state index contributed by atoms with van der Waals surface area (Å²) >= 11 is 1.88. The van der Waals surface area contributed by atoms with Gasteiger partial charge in [-0.15, -0.1) is 11.3 Å². The SMILES string of the molecule is c1ccc(-c2ccc(N(c3ccc4c5ccccc5n(-c5ccccc5-c5ccccc5)c4c3)c3ccccc3-c3cccc4c3sc3ccccc34)cc2)cc1. The number of para-hydroxylation sites is 3. The molecule has 0 aliphatic rings. The Kier molecular flexibility index (Phi) is 8.04. The summed E-state index contributed by atoms with van der Waals surface area (Å²) < 4.78 is 5.07. The Morgan fingerprint density at radius 1 is 0.351 bits per heavy atom. The van der Waals surface area contributed by atoms with E-state index in [0.717, 1.165) is 28.3 Å². The second kappa shape index (κ2) is 13.8. The number of fused-ring (bicyclic) bond motifs is 6. The largest absolute Gasteiger partial charge is 0.310 e. The van der Waals surface area contributed by atoms with Gasteiger partial charge in [0, 0.05) is 59.0 Å². The molecule has 0 amide bonds. The van der Waals surface area contributed by atoms with Crippen molar-refractivity contribution in [2.45, 2.75) is 0 Å². The topological polar surface area (TPSA) is 8.17 Å². The molecule has 0 bridgehead atoms. The molecule has 9 aromatic carbocycles. The van der Waals surface area contributed by atoms with Crippen LogP contribution in [0.5, 0.6) is 0 Å². The molecule has 0 unspecified atom stereocenters. The van der Waals surface area contributed by atoms with Crippen LogP contribution in [0.4, 0.5) is 17.1 Å². The molecule has 0 saturated heterocycles. The van der Waals surface area contributed by atoms with Crippen molar-refractivity contribution in [2.24, 2.45) is 0 Å². The fraction of sp³-hybridized carbons (Fsp3) is 0. The van der Waals surface area contributed by atoms with Crippen LogP contribution >= 0.6 is 11.3 Å². The van der Waals surface area contributed by atoms with Crippen molar-refractivity contribution in [3.8, 4) is 39.1 Å². The van der Waals surface area contributed by atoms with Crippen LogP contribution < -0.4 is 4.90 Å². The average Bonchev–Trinajstić information content (AvgIpc) is 3.83. The third-order valence-corrected chi connectivity index (χ3v) is 12.4. The van der Waals surface area contributed by atoms with Gasteiger partial charge in [0.1, 0.15) is 0 Å². The summed E-state index contributed by atoms with van der Waals surface area (Å²) in [5, 5.41) is 5.06. The Bertz CT molecular complexity index is 3230. The zero-order chi connectivity index (χ0) is 37.7. The Hall–Kier alpha value is -7.20. The van der Waals surface area contributed by atoms with E-state index in [9.17, 15) is 0 Å². The molecule has 2 heterocycles. The van der Waals surface area contributed by atoms with E-state index < -0.39 is 0 Å². The number of aromatic nitrogens is 1. The molecule has 11 aromatic rings. The molecule has 3 heteroatoms. The van der Waals surface area contributed by atoms with Gasteiger partial charge in [-0.2, -0.15) is 0 Å². The number of nitrogens with zero attached hydrogens (tertiary/aromatic N) is 2. The molecular weight excluding hydrogens is 709 g/mol. The number of anilines is 3. The van der Waals surface area contributed by atoms with Crippen LogP contribution in [-0.4, -0.2) is 4.57 Å². The van der Waals surface area contributed by atoms with Gasteiger partial charge in [-0.05, 0) is 65.2 Å². The highest BCUT2D eigenvalue weighted by molar-refractivity contribution is 7.26. The van der Waals surface area contributed by atoms with Crippen LogP contribution in [0, 0.1) is 0 Å². The molecule has 268 valence electrons. The van der Waals surface area contributed by atoms with Crippen LogP contribution in [0.3, 0.4) is 0 Å². The lowest BCUT2D eigenvalue weighted by atomic mass is 9.99. The van der Waals surface area contributed by atoms with Crippen LogP contribution in [0.2, 0.25) is 0 Å². The minimum atomic E-state index is 1.09. The second-order valence-electron chi connectivity index (χ2n) is 14.5. The molecule has 0 spiro atoms. The molecule has 0 fully saturated rings. The monoisotopic (exact) mass is 744 g/mol. The van der Waals surface area contributed by atoms with E-state index in [0.29, 0.717) is 0 Å². The van der Waals surface area contributed by atoms with Gasteiger partial charge >= 0.3 is 0 Å². The Labute approximate surface area is 335 Å². The molecule has 0 N–H and O–H groups in total. The van der Waals surface area contributed by atoms with Gasteiger partial charge in [0.15, 0.2) is 0 Å². The first-order valence-electron chi connectivity index (χ1n) is 19.4. The second-order valence-corrected chi connectivity index (χ2v) is 15.5. The van der Waals surface area contributed by atoms with Gasteiger partial charge < -0.3 is 9.47 Å². The fourth-order valence-corrected chi connectivity index (χ4v) is 9.83. The molecule has 0 saturated carbocycles. The number of hydrogen-bond acceptors (Lipinski definition) is 2. The predicted molar refractivity (Wildman–Crippen MR) is 245 cm³/mol. The van der Waals surface area contributed by atoms with Crippen LogP contribution in [0.1, 0.15) is 0 Å². The van der Waals surface area contributed by atoms with Gasteiger partial charge in [-0.1, -0.05) is 170 Å². The lowest BCUT2D eigenvalue weighted by Gasteiger charge is -2.28. The number of benzene rings is 9. The van der Waals surface area contributed by atoms with E-state index in [-0.39, 0.29) is 0 Å². The Balaban J connectivity index is 1.17. The third-order valence-electron chi connectivity index (χ3n) is 11.2. The smallest absolute Gasteiger partial charge is 0.0562 e. The van der Waals surface area contributed by atoms with Crippen molar-refractivity contribution in [1.82, 2.24) is 4.57 Å². The van der Waals surface area contributed by atoms with E-state index in [4.69, 9.17) is 0 Å². The van der Waals surface area contributed by atoms with E-state index in [1.54, 1.807) is 0 Å². The molecule has 0 aliphatic heterocycles. The van der Waals surface area contributed by atoms with Gasteiger partial charge in [-0.25, -0.2) is 0 Å². The highest BCUT2D eigenvalue weighted by atomic mass is 32.1. The molecule has 2 aromatic heterocycles. The lowest BCUT2D eigenvalue weighted by molar-refractivity contribution is 1.18. The average molecular weight is 745 g/mol. The highest BCUT2D eigenvalue weighted by Gasteiger charge is 2.22. The Morgan fingerprint density at radius 2 is 0.930 bits per heavy atom. The first kappa shape index (κ1) is 33.2. The highest BCUT2D eigenvalue weighted by Crippen LogP contribution is 2.47. The molecule has 2 nitrogen and oxygen atoms in total. The normalized spacial score (nSPS) is 11.5. The van der Waals surface area contributed by atoms with E-state index in [2.05, 4.69) is 228 Å². The van der Waals surface area contributed by atoms with Crippen molar-refractivity contribution in [3.63, 3.8) is 0 Å². The van der Waals surface area contributed by atoms with Crippen LogP contribution in [0.15, 0.2) is 218 Å². The van der Waals surface area contributed by atoms with Gasteiger partial charge in [0.05, 0.1) is 22.4 Å². The fourth-order valence-electron chi connectivity index (χ4n) is 8.60. The third kappa shape index (κ3) is 5.63. The summed E-state index contributed by atoms with van der Waals surface area (Å²) in [6.07, 6.45) is 0. The first-order valence-corrected chi connectivity index (χ1v) is 20.3. The van der Waals surface area contributed by atoms with Crippen molar-refractivity contribution in [1.29, 1.82) is 0 Å². The zero-order valence-corrected chi connectivity index (χ0v) is 31.9. The number of rotatable bonds is 7. The first-order chi connectivity index (χ1) is 28.3. The molecular formula is C54H36N2S. The van der Waals surface area contributed by atoms with E-state index in [1.165, 1.54) is 69.8 Å². The predicted octanol–water partition coefficient (Wildman–Crippen LogP) is 15.6. The quantitative estimate of drug-likeness (QED) is 0.158. The lowest BCUT2D eigenvalue weighted by Crippen LogP contribution is -2.11. The summed E-state index contributed by atoms with van der Waals surface area (Å²) in [5.74, 6) is 0. The van der Waals surface area contributed by atoms with E-state index in [1.807, 2.05) is 11.3 Å². The number of thiophene rings is 1. The van der Waals surface area contributed by atoms with Crippen LogP contribution in [0.25, 0.3) is 81.0 Å². The Morgan fingerprint density at radius 3 is 1.75 bits per heavy atom. The standard InChI is InChI=1S/C54H36N2S/c1-3-16-37(17-4-1)38-30-32-40(33-31-38)55(50-27-12-9-22-44(50)47-24-15-25-48-46-23-10-14-29-53(46)57-54(47)48)41-34-35-45-43-21-8-13-28-51(43)56(52(45)36-41)49-26-11-7-20-42(49)39-18-5-2-6-19-39/h1-36H. The van der Waals surface area contributed by atoms with Gasteiger partial charge in [-0.3, -0.25) is 0 Å². The summed E-state index contributed by atoms with van der Waals surface area (Å²) in [6.45, 7) is 0. The minimum Gasteiger partial charge on any atom is -0.310 e. The minimum absolute atomic E-state index is 1.09. The summed E-state index contributed by atoms with van der Waals surface area (Å²) in [7, 11) is 0. The van der Waals surface area contributed by atoms with Crippen molar-refractivity contribution < 1.29 is 0 Å². The zero-order valence-electron chi connectivity index (χ0n) is 31.1. The molecule has 57 heavy (non-hydrogen) atoms. The molecule has 0 atom stereocenters.